The number of likely N-dealkylation sites (N-methyl/N-ethyl adjacent to an activating group) is 1. The van der Waals surface area contributed by atoms with Gasteiger partial charge >= 0.3 is 29.8 Å². The second kappa shape index (κ2) is 17.1. The lowest BCUT2D eigenvalue weighted by Gasteiger charge is -2.44. The van der Waals surface area contributed by atoms with Crippen molar-refractivity contribution in [2.75, 3.05) is 19.6 Å². The molecule has 0 radical (unpaired) electrons. The number of nitrogens with zero attached hydrogens (tertiary/aromatic N) is 3. The van der Waals surface area contributed by atoms with Crippen LogP contribution < -0.4 is 26.6 Å². The Balaban J connectivity index is 1.29. The average Bonchev–Trinajstić information content (AvgIpc) is 3.67. The lowest BCUT2D eigenvalue weighted by molar-refractivity contribution is -0.161. The van der Waals surface area contributed by atoms with Crippen molar-refractivity contribution in [2.45, 2.75) is 91.1 Å². The van der Waals surface area contributed by atoms with Gasteiger partial charge in [0.25, 0.3) is 0 Å². The van der Waals surface area contributed by atoms with Gasteiger partial charge in [-0.05, 0) is 45.7 Å². The fourth-order valence-corrected chi connectivity index (χ4v) is 10.8. The lowest BCUT2D eigenvalue weighted by Crippen LogP contribution is -2.71. The number of hydrogen-bond donors (Lipinski definition) is 7. The molecule has 6 rings (SSSR count). The monoisotopic (exact) mass is 866 g/mol. The highest BCUT2D eigenvalue weighted by Crippen LogP contribution is 2.51. The van der Waals surface area contributed by atoms with Gasteiger partial charge in [-0.15, -0.1) is 23.5 Å². The zero-order chi connectivity index (χ0) is 43.8. The molecule has 4 fully saturated rings. The molecule has 4 aliphatic heterocycles. The van der Waals surface area contributed by atoms with Gasteiger partial charge in [-0.1, -0.05) is 60.7 Å². The van der Waals surface area contributed by atoms with E-state index < -0.39 is 110 Å². The summed E-state index contributed by atoms with van der Waals surface area (Å²) in [6.07, 6.45) is 0. The first-order valence-electron chi connectivity index (χ1n) is 19.1. The minimum Gasteiger partial charge on any atom is -0.480 e. The molecule has 4 saturated heterocycles. The minimum atomic E-state index is -1.62. The molecule has 21 heteroatoms. The number of nitrogens with one attached hydrogen (secondary N) is 5. The molecule has 4 heterocycles. The first kappa shape index (κ1) is 43.9. The fourth-order valence-electron chi connectivity index (χ4n) is 7.72. The zero-order valence-electron chi connectivity index (χ0n) is 33.2. The van der Waals surface area contributed by atoms with Crippen molar-refractivity contribution >= 4 is 76.9 Å². The topological polar surface area (TPSA) is 264 Å². The van der Waals surface area contributed by atoms with Crippen LogP contribution in [0.2, 0.25) is 0 Å². The molecule has 320 valence electrons. The molecule has 7 N–H and O–H groups in total. The summed E-state index contributed by atoms with van der Waals surface area (Å²) in [4.78, 5) is 123. The van der Waals surface area contributed by atoms with E-state index in [-0.39, 0.29) is 30.8 Å². The molecule has 0 saturated carbocycles. The number of fused-ring (bicyclic) bond motifs is 1. The van der Waals surface area contributed by atoms with Crippen molar-refractivity contribution in [3.05, 3.63) is 71.8 Å². The van der Waals surface area contributed by atoms with Gasteiger partial charge in [0.15, 0.2) is 0 Å². The van der Waals surface area contributed by atoms with Gasteiger partial charge in [0, 0.05) is 29.1 Å². The van der Waals surface area contributed by atoms with Gasteiger partial charge in [-0.25, -0.2) is 9.59 Å². The average molecular weight is 867 g/mol. The first-order chi connectivity index (χ1) is 28.3. The molecule has 0 spiro atoms. The Morgan fingerprint density at radius 2 is 1.33 bits per heavy atom. The Labute approximate surface area is 353 Å². The Morgan fingerprint density at radius 1 is 0.750 bits per heavy atom. The summed E-state index contributed by atoms with van der Waals surface area (Å²) in [5.74, 6) is -7.71. The van der Waals surface area contributed by atoms with Crippen LogP contribution in [0.5, 0.6) is 0 Å². The standard InChI is InChI=1S/C39H46N8O11S2/c1-6-45-17-18-46(33(53)32(45)52)37(58)43-22(20-15-11-8-12-16-20)28(49)41-23(30-44-25(35(54)55)38(2,3)59-30)29(50)40-21(19-13-9-7-10-14-19)27(48)42-24-31(51)47-26(36(56)57)39(4,5)60-34(24)47/h7-16,21-26,30,34,44H,6,17-18H2,1-5H3,(H,40,50)(H,41,49)(H,42,48)(H,43,58)(H,54,55)(H,56,57)/t21-,22-,23-,24-,25+,26+,30?,34-/m1/s1. The van der Waals surface area contributed by atoms with Gasteiger partial charge in [0.2, 0.25) is 23.6 Å². The highest BCUT2D eigenvalue weighted by Gasteiger charge is 2.64. The number of aliphatic carboxylic acids is 2. The largest absolute Gasteiger partial charge is 0.480 e. The van der Waals surface area contributed by atoms with Crippen LogP contribution >= 0.6 is 23.5 Å². The van der Waals surface area contributed by atoms with Crippen LogP contribution in [0.15, 0.2) is 60.7 Å². The Kier molecular flexibility index (Phi) is 12.5. The van der Waals surface area contributed by atoms with Crippen molar-refractivity contribution in [2.24, 2.45) is 0 Å². The molecular formula is C39H46N8O11S2. The van der Waals surface area contributed by atoms with Crippen LogP contribution in [-0.4, -0.2) is 142 Å². The summed E-state index contributed by atoms with van der Waals surface area (Å²) in [5, 5.41) is 31.5. The van der Waals surface area contributed by atoms with Crippen LogP contribution in [0, 0.1) is 0 Å². The summed E-state index contributed by atoms with van der Waals surface area (Å²) in [7, 11) is 0. The summed E-state index contributed by atoms with van der Waals surface area (Å²) >= 11 is 2.27. The Morgan fingerprint density at radius 3 is 1.87 bits per heavy atom. The Hall–Kier alpha value is -5.67. The third-order valence-corrected chi connectivity index (χ3v) is 13.9. The second-order valence-corrected chi connectivity index (χ2v) is 19.2. The lowest BCUT2D eigenvalue weighted by atomic mass is 9.95. The molecule has 0 aliphatic carbocycles. The van der Waals surface area contributed by atoms with E-state index in [1.165, 1.54) is 33.7 Å². The molecular weight excluding hydrogens is 821 g/mol. The van der Waals surface area contributed by atoms with E-state index in [9.17, 15) is 53.4 Å². The summed E-state index contributed by atoms with van der Waals surface area (Å²) in [6, 6.07) is 6.81. The van der Waals surface area contributed by atoms with E-state index in [1.807, 2.05) is 0 Å². The molecule has 19 nitrogen and oxygen atoms in total. The minimum absolute atomic E-state index is 0.0771. The first-order valence-corrected chi connectivity index (χ1v) is 20.8. The zero-order valence-corrected chi connectivity index (χ0v) is 34.9. The van der Waals surface area contributed by atoms with Crippen molar-refractivity contribution in [3.63, 3.8) is 0 Å². The van der Waals surface area contributed by atoms with Crippen molar-refractivity contribution < 1.29 is 53.4 Å². The van der Waals surface area contributed by atoms with Gasteiger partial charge in [0.1, 0.15) is 41.6 Å². The highest BCUT2D eigenvalue weighted by molar-refractivity contribution is 8.02. The number of carbonyl (C=O) groups is 9. The maximum Gasteiger partial charge on any atom is 0.327 e. The molecule has 0 bridgehead atoms. The van der Waals surface area contributed by atoms with Gasteiger partial charge < -0.3 is 41.3 Å². The third kappa shape index (κ3) is 8.50. The van der Waals surface area contributed by atoms with Crippen LogP contribution in [0.3, 0.4) is 0 Å². The predicted molar refractivity (Wildman–Crippen MR) is 217 cm³/mol. The van der Waals surface area contributed by atoms with Crippen LogP contribution in [0.25, 0.3) is 0 Å². The number of thioether (sulfide) groups is 2. The molecule has 60 heavy (non-hydrogen) atoms. The molecule has 1 unspecified atom stereocenters. The van der Waals surface area contributed by atoms with E-state index >= 15 is 0 Å². The van der Waals surface area contributed by atoms with Crippen molar-refractivity contribution in [1.29, 1.82) is 0 Å². The quantitative estimate of drug-likeness (QED) is 0.103. The number of benzene rings is 2. The smallest absolute Gasteiger partial charge is 0.327 e. The summed E-state index contributed by atoms with van der Waals surface area (Å²) in [5.41, 5.74) is 0.524. The molecule has 8 atom stereocenters. The normalized spacial score (nSPS) is 25.6. The highest BCUT2D eigenvalue weighted by atomic mass is 32.2. The van der Waals surface area contributed by atoms with Crippen molar-refractivity contribution in [3.8, 4) is 0 Å². The number of carbonyl (C=O) groups excluding carboxylic acids is 7. The maximum absolute atomic E-state index is 14.6. The second-order valence-electron chi connectivity index (χ2n) is 15.6. The van der Waals surface area contributed by atoms with E-state index in [1.54, 1.807) is 83.1 Å². The number of rotatable bonds is 13. The predicted octanol–water partition coefficient (Wildman–Crippen LogP) is -0.00370. The van der Waals surface area contributed by atoms with Gasteiger partial charge in [0.05, 0.1) is 5.37 Å². The van der Waals surface area contributed by atoms with Crippen molar-refractivity contribution in [1.82, 2.24) is 41.3 Å². The number of carboxylic acid groups (broad SMARTS) is 2. The van der Waals surface area contributed by atoms with E-state index in [0.717, 1.165) is 11.8 Å². The maximum atomic E-state index is 14.6. The molecule has 0 aromatic heterocycles. The SMILES string of the molecule is CCN1CCN(C(=O)N[C@@H](C(=O)N[C@H](C(=O)N[C@@H](C(=O)N[C@@H]2C(=O)N3[C@@H]2SC(C)(C)[C@@H]3C(=O)O)c2ccccc2)C2N[C@@H](C(=O)O)C(C)(C)S2)c2ccccc2)C(=O)C1=O. The molecule has 8 amide bonds. The van der Waals surface area contributed by atoms with Gasteiger partial charge in [-0.3, -0.25) is 43.8 Å². The molecule has 4 aliphatic rings. The molecule has 2 aromatic carbocycles. The molecule has 2 aromatic rings. The number of hydrogen-bond acceptors (Lipinski definition) is 12. The van der Waals surface area contributed by atoms with Crippen LogP contribution in [0.1, 0.15) is 57.8 Å². The number of urea groups is 1. The number of imide groups is 1. The Bertz CT molecular complexity index is 2090. The summed E-state index contributed by atoms with van der Waals surface area (Å²) < 4.78 is -1.89. The van der Waals surface area contributed by atoms with E-state index in [0.29, 0.717) is 4.90 Å². The number of piperazine rings is 1. The fraction of sp³-hybridized carbons (Fsp3) is 0.462. The van der Waals surface area contributed by atoms with E-state index in [2.05, 4.69) is 26.6 Å². The summed E-state index contributed by atoms with van der Waals surface area (Å²) in [6.45, 7) is 8.53. The number of β-lactam (4-membered cyclic amide) rings is 1. The van der Waals surface area contributed by atoms with Crippen LogP contribution in [-0.2, 0) is 38.4 Å². The van der Waals surface area contributed by atoms with E-state index in [4.69, 9.17) is 0 Å². The number of amides is 8. The van der Waals surface area contributed by atoms with Crippen LogP contribution in [0.4, 0.5) is 4.79 Å². The number of carboxylic acids is 2. The third-order valence-electron chi connectivity index (χ3n) is 10.8. The van der Waals surface area contributed by atoms with Gasteiger partial charge in [-0.2, -0.15) is 0 Å².